The summed E-state index contributed by atoms with van der Waals surface area (Å²) in [5, 5.41) is 21.6. The van der Waals surface area contributed by atoms with Crippen LogP contribution in [0.25, 0.3) is 0 Å². The number of alkyl halides is 3. The van der Waals surface area contributed by atoms with Crippen LogP contribution in [0.15, 0.2) is 54.7 Å². The molecule has 4 aromatic rings. The van der Waals surface area contributed by atoms with Gasteiger partial charge in [-0.2, -0.15) is 18.3 Å². The molecule has 0 spiro atoms. The Balaban J connectivity index is 1.40. The smallest absolute Gasteiger partial charge is 0.382 e. The summed E-state index contributed by atoms with van der Waals surface area (Å²) in [6.45, 7) is 1.85. The Bertz CT molecular complexity index is 1500. The Morgan fingerprint density at radius 1 is 1.08 bits per heavy atom. The van der Waals surface area contributed by atoms with Gasteiger partial charge < -0.3 is 21.7 Å². The molecule has 0 bridgehead atoms. The maximum absolute atomic E-state index is 13.1. The van der Waals surface area contributed by atoms with Gasteiger partial charge in [-0.1, -0.05) is 17.7 Å². The second-order valence-corrected chi connectivity index (χ2v) is 8.56. The molecule has 2 aromatic heterocycles. The van der Waals surface area contributed by atoms with Crippen molar-refractivity contribution < 1.29 is 18.0 Å². The Kier molecular flexibility index (Phi) is 7.48. The lowest BCUT2D eigenvalue weighted by molar-refractivity contribution is -0.137. The second kappa shape index (κ2) is 10.8. The number of carbonyl (C=O) groups excluding carboxylic acids is 1. The molecule has 0 saturated heterocycles. The molecule has 4 rings (SSSR count). The molecule has 10 nitrogen and oxygen atoms in total. The van der Waals surface area contributed by atoms with Gasteiger partial charge in [-0.15, -0.1) is 0 Å². The molecule has 0 aliphatic heterocycles. The van der Waals surface area contributed by atoms with Crippen molar-refractivity contribution >= 4 is 46.5 Å². The fraction of sp³-hybridized carbons (Fsp3) is 0.125. The highest BCUT2D eigenvalue weighted by Crippen LogP contribution is 2.36. The van der Waals surface area contributed by atoms with Gasteiger partial charge >= 0.3 is 12.2 Å². The molecule has 0 aliphatic rings. The SMILES string of the molecule is Cc1cc(NC(=O)Nc2ccc(Cl)c(C(F)(F)F)c2)ccc1Cc1nccc(Nc2cc(C(=N)N)[nH]n2)n1. The van der Waals surface area contributed by atoms with Gasteiger partial charge in [-0.3, -0.25) is 10.5 Å². The van der Waals surface area contributed by atoms with E-state index >= 15 is 0 Å². The van der Waals surface area contributed by atoms with E-state index in [4.69, 9.17) is 22.7 Å². The number of urea groups is 1. The Labute approximate surface area is 219 Å². The predicted molar refractivity (Wildman–Crippen MR) is 138 cm³/mol. The lowest BCUT2D eigenvalue weighted by Crippen LogP contribution is -2.20. The van der Waals surface area contributed by atoms with Gasteiger partial charge in [0.25, 0.3) is 0 Å². The van der Waals surface area contributed by atoms with Crippen LogP contribution in [0, 0.1) is 12.3 Å². The van der Waals surface area contributed by atoms with Gasteiger partial charge in [-0.25, -0.2) is 14.8 Å². The molecular weight excluding hydrogens is 523 g/mol. The fourth-order valence-corrected chi connectivity index (χ4v) is 3.69. The highest BCUT2D eigenvalue weighted by Gasteiger charge is 2.33. The number of aryl methyl sites for hydroxylation is 1. The van der Waals surface area contributed by atoms with E-state index in [1.807, 2.05) is 6.92 Å². The molecule has 0 fully saturated rings. The third-order valence-electron chi connectivity index (χ3n) is 5.31. The minimum absolute atomic E-state index is 0.0504. The standard InChI is InChI=1S/C24H21ClF3N9O/c1-12-8-14(32-23(38)33-15-4-5-17(25)16(10-15)24(26,27)28)3-2-13(12)9-20-31-7-6-19(34-20)35-21-11-18(22(29)30)36-37-21/h2-8,10-11H,9H2,1H3,(H3,29,30)(H2,32,33,38)(H2,31,34,35,36,37). The van der Waals surface area contributed by atoms with Crippen molar-refractivity contribution in [2.75, 3.05) is 16.0 Å². The highest BCUT2D eigenvalue weighted by molar-refractivity contribution is 6.31. The van der Waals surface area contributed by atoms with Crippen molar-refractivity contribution in [1.82, 2.24) is 20.2 Å². The van der Waals surface area contributed by atoms with Crippen molar-refractivity contribution in [3.05, 3.63) is 88.0 Å². The fourth-order valence-electron chi connectivity index (χ4n) is 3.46. The van der Waals surface area contributed by atoms with Crippen LogP contribution >= 0.6 is 11.6 Å². The Morgan fingerprint density at radius 3 is 2.45 bits per heavy atom. The number of aromatic nitrogens is 4. The average molecular weight is 544 g/mol. The summed E-state index contributed by atoms with van der Waals surface area (Å²) in [5.41, 5.74) is 6.91. The molecule has 196 valence electrons. The maximum Gasteiger partial charge on any atom is 0.417 e. The summed E-state index contributed by atoms with van der Waals surface area (Å²) >= 11 is 5.62. The summed E-state index contributed by atoms with van der Waals surface area (Å²) in [6.07, 6.45) is -2.65. The first-order chi connectivity index (χ1) is 18.0. The Hall–Kier alpha value is -4.65. The van der Waals surface area contributed by atoms with Crippen molar-refractivity contribution in [1.29, 1.82) is 5.41 Å². The average Bonchev–Trinajstić information content (AvgIpc) is 3.30. The van der Waals surface area contributed by atoms with Crippen molar-refractivity contribution in [2.24, 2.45) is 5.73 Å². The number of nitrogens with zero attached hydrogens (tertiary/aromatic N) is 3. The molecule has 0 aliphatic carbocycles. The summed E-state index contributed by atoms with van der Waals surface area (Å²) in [5.74, 6) is 1.33. The number of aromatic amines is 1. The lowest BCUT2D eigenvalue weighted by atomic mass is 10.0. The molecule has 14 heteroatoms. The molecule has 0 saturated carbocycles. The zero-order valence-corrected chi connectivity index (χ0v) is 20.5. The van der Waals surface area contributed by atoms with E-state index in [0.29, 0.717) is 35.3 Å². The summed E-state index contributed by atoms with van der Waals surface area (Å²) in [6, 6.07) is 10.9. The number of nitrogens with two attached hydrogens (primary N) is 1. The molecule has 2 amide bonds. The van der Waals surface area contributed by atoms with Crippen molar-refractivity contribution in [3.63, 3.8) is 0 Å². The first-order valence-electron chi connectivity index (χ1n) is 11.0. The topological polar surface area (TPSA) is 157 Å². The maximum atomic E-state index is 13.1. The summed E-state index contributed by atoms with van der Waals surface area (Å²) in [4.78, 5) is 21.1. The number of rotatable bonds is 7. The van der Waals surface area contributed by atoms with E-state index < -0.39 is 22.8 Å². The molecule has 7 N–H and O–H groups in total. The third kappa shape index (κ3) is 6.56. The van der Waals surface area contributed by atoms with E-state index in [1.165, 1.54) is 6.07 Å². The minimum atomic E-state index is -4.64. The number of carbonyl (C=O) groups is 1. The first-order valence-corrected chi connectivity index (χ1v) is 11.4. The molecule has 38 heavy (non-hydrogen) atoms. The van der Waals surface area contributed by atoms with Gasteiger partial charge in [0, 0.05) is 30.1 Å². The molecular formula is C24H21ClF3N9O. The highest BCUT2D eigenvalue weighted by atomic mass is 35.5. The van der Waals surface area contributed by atoms with E-state index in [2.05, 4.69) is 36.1 Å². The number of nitrogen functional groups attached to an aromatic ring is 1. The van der Waals surface area contributed by atoms with E-state index in [0.717, 1.165) is 23.3 Å². The number of nitrogens with one attached hydrogen (secondary N) is 5. The normalized spacial score (nSPS) is 11.2. The van der Waals surface area contributed by atoms with E-state index in [9.17, 15) is 18.0 Å². The second-order valence-electron chi connectivity index (χ2n) is 8.15. The number of amidine groups is 1. The number of amides is 2. The van der Waals surface area contributed by atoms with Gasteiger partial charge in [0.2, 0.25) is 0 Å². The van der Waals surface area contributed by atoms with E-state index in [-0.39, 0.29) is 11.5 Å². The quantitative estimate of drug-likeness (QED) is 0.134. The number of halogens is 4. The van der Waals surface area contributed by atoms with E-state index in [1.54, 1.807) is 36.5 Å². The largest absolute Gasteiger partial charge is 0.417 e. The number of anilines is 4. The van der Waals surface area contributed by atoms with Crippen LogP contribution in [0.1, 0.15) is 28.2 Å². The van der Waals surface area contributed by atoms with Crippen LogP contribution in [0.3, 0.4) is 0 Å². The van der Waals surface area contributed by atoms with Crippen LogP contribution < -0.4 is 21.7 Å². The van der Waals surface area contributed by atoms with Crippen LogP contribution in [-0.2, 0) is 12.6 Å². The Morgan fingerprint density at radius 2 is 1.79 bits per heavy atom. The van der Waals surface area contributed by atoms with Crippen LogP contribution in [0.2, 0.25) is 5.02 Å². The third-order valence-corrected chi connectivity index (χ3v) is 5.64. The molecule has 0 unspecified atom stereocenters. The van der Waals surface area contributed by atoms with Gasteiger partial charge in [0.1, 0.15) is 23.2 Å². The number of hydrogen-bond acceptors (Lipinski definition) is 6. The molecule has 2 heterocycles. The molecule has 0 radical (unpaired) electrons. The van der Waals surface area contributed by atoms with Gasteiger partial charge in [-0.05, 0) is 54.4 Å². The van der Waals surface area contributed by atoms with Crippen LogP contribution in [0.5, 0.6) is 0 Å². The van der Waals surface area contributed by atoms with Crippen molar-refractivity contribution in [2.45, 2.75) is 19.5 Å². The zero-order chi connectivity index (χ0) is 27.4. The lowest BCUT2D eigenvalue weighted by Gasteiger charge is -2.13. The molecule has 2 aromatic carbocycles. The van der Waals surface area contributed by atoms with Crippen LogP contribution in [0.4, 0.5) is 41.0 Å². The van der Waals surface area contributed by atoms with Gasteiger partial charge in [0.05, 0.1) is 10.6 Å². The number of benzene rings is 2. The number of hydrogen-bond donors (Lipinski definition) is 6. The number of H-pyrrole nitrogens is 1. The van der Waals surface area contributed by atoms with Crippen molar-refractivity contribution in [3.8, 4) is 0 Å². The predicted octanol–water partition coefficient (Wildman–Crippen LogP) is 5.44. The summed E-state index contributed by atoms with van der Waals surface area (Å²) in [7, 11) is 0. The monoisotopic (exact) mass is 543 g/mol. The van der Waals surface area contributed by atoms with Crippen LogP contribution in [-0.4, -0.2) is 32.0 Å². The zero-order valence-electron chi connectivity index (χ0n) is 19.7. The van der Waals surface area contributed by atoms with Gasteiger partial charge in [0.15, 0.2) is 5.82 Å². The first kappa shape index (κ1) is 26.4. The minimum Gasteiger partial charge on any atom is -0.382 e. The summed E-state index contributed by atoms with van der Waals surface area (Å²) < 4.78 is 39.2. The molecule has 0 atom stereocenters.